The summed E-state index contributed by atoms with van der Waals surface area (Å²) in [5.74, 6) is 1.33. The fourth-order valence-electron chi connectivity index (χ4n) is 8.70. The molecule has 1 atom stereocenters. The predicted molar refractivity (Wildman–Crippen MR) is 234 cm³/mol. The van der Waals surface area contributed by atoms with Gasteiger partial charge in [-0.25, -0.2) is 0 Å². The van der Waals surface area contributed by atoms with Crippen LogP contribution in [0.5, 0.6) is 0 Å². The van der Waals surface area contributed by atoms with Crippen LogP contribution in [-0.4, -0.2) is 20.8 Å². The smallest absolute Gasteiger partial charge is 0.145 e. The van der Waals surface area contributed by atoms with Crippen LogP contribution in [0.15, 0.2) is 202 Å². The monoisotopic (exact) mass is 730 g/mol. The number of rotatable bonds is 5. The van der Waals surface area contributed by atoms with E-state index in [-0.39, 0.29) is 0 Å². The lowest BCUT2D eigenvalue weighted by Gasteiger charge is -2.32. The van der Waals surface area contributed by atoms with Gasteiger partial charge < -0.3 is 23.9 Å². The summed E-state index contributed by atoms with van der Waals surface area (Å²) in [4.78, 5) is 10.00. The van der Waals surface area contributed by atoms with E-state index >= 15 is 0 Å². The number of hydrogen-bond donors (Lipinski definition) is 0. The van der Waals surface area contributed by atoms with Crippen LogP contribution in [0.3, 0.4) is 0 Å². The highest BCUT2D eigenvalue weighted by atomic mass is 16.3. The minimum Gasteiger partial charge on any atom is -0.455 e. The lowest BCUT2D eigenvalue weighted by Crippen LogP contribution is -2.15. The number of fused-ring (bicyclic) bond motifs is 10. The summed E-state index contributed by atoms with van der Waals surface area (Å²) in [5.41, 5.74) is 11.3. The van der Waals surface area contributed by atoms with Crippen LogP contribution in [0.2, 0.25) is 0 Å². The van der Waals surface area contributed by atoms with Crippen molar-refractivity contribution in [2.45, 2.75) is 6.17 Å². The molecule has 11 aromatic rings. The summed E-state index contributed by atoms with van der Waals surface area (Å²) in [6.07, 6.45) is -0.393. The third kappa shape index (κ3) is 4.90. The maximum Gasteiger partial charge on any atom is 0.145 e. The van der Waals surface area contributed by atoms with E-state index in [0.717, 1.165) is 77.3 Å². The van der Waals surface area contributed by atoms with Crippen molar-refractivity contribution in [1.29, 1.82) is 0 Å². The molecule has 1 unspecified atom stereocenters. The molecule has 0 amide bonds. The van der Waals surface area contributed by atoms with Crippen LogP contribution in [0.25, 0.3) is 82.2 Å². The highest BCUT2D eigenvalue weighted by Gasteiger charge is 2.22. The molecular weight excluding hydrogens is 699 g/mol. The van der Waals surface area contributed by atoms with E-state index in [0.29, 0.717) is 11.7 Å². The fraction of sp³-hybridized carbons (Fsp3) is 0.0196. The third-order valence-electron chi connectivity index (χ3n) is 11.3. The quantitative estimate of drug-likeness (QED) is 0.174. The molecule has 1 aliphatic rings. The average Bonchev–Trinajstić information content (AvgIpc) is 3.93. The van der Waals surface area contributed by atoms with E-state index in [9.17, 15) is 0 Å². The standard InChI is InChI=1S/C51H32N5O/c1-4-14-32(15-5-1)49-52-50(33-16-6-2-7-17-33)54-51(53-49)34-24-26-36(27-25-34)56-43-29-28-39-38-21-11-13-23-46(38)57-48(39)47(43)41-30-40-37-20-10-12-22-42(37)55(44(40)31-45(41)56)35-18-8-3-9-19-35/h1-31,49H/q-1. The number of amidine groups is 2. The molecular formula is C51H32N5O-. The molecule has 0 fully saturated rings. The van der Waals surface area contributed by atoms with E-state index in [1.165, 1.54) is 16.3 Å². The van der Waals surface area contributed by atoms with Gasteiger partial charge in [-0.2, -0.15) is 0 Å². The number of nitrogens with zero attached hydrogens (tertiary/aromatic N) is 5. The second-order valence-corrected chi connectivity index (χ2v) is 14.6. The molecule has 6 heteroatoms. The zero-order chi connectivity index (χ0) is 37.5. The fourth-order valence-corrected chi connectivity index (χ4v) is 8.70. The molecule has 0 aliphatic carbocycles. The Morgan fingerprint density at radius 1 is 0.456 bits per heavy atom. The first-order chi connectivity index (χ1) is 28.3. The number of para-hydroxylation sites is 3. The number of benzene rings is 8. The first kappa shape index (κ1) is 31.6. The Morgan fingerprint density at radius 3 is 1.91 bits per heavy atom. The Balaban J connectivity index is 1.09. The lowest BCUT2D eigenvalue weighted by atomic mass is 10.1. The largest absolute Gasteiger partial charge is 0.455 e. The molecule has 268 valence electrons. The van der Waals surface area contributed by atoms with Gasteiger partial charge in [-0.1, -0.05) is 133 Å². The van der Waals surface area contributed by atoms with Gasteiger partial charge in [0, 0.05) is 38.3 Å². The molecule has 57 heavy (non-hydrogen) atoms. The van der Waals surface area contributed by atoms with Crippen LogP contribution in [-0.2, 0) is 0 Å². The molecule has 12 rings (SSSR count). The number of furan rings is 1. The summed E-state index contributed by atoms with van der Waals surface area (Å²) < 4.78 is 11.5. The molecule has 3 aromatic heterocycles. The molecule has 1 aliphatic heterocycles. The number of aliphatic imine (C=N–C) groups is 2. The Morgan fingerprint density at radius 2 is 1.11 bits per heavy atom. The Bertz CT molecular complexity index is 3410. The normalized spacial score (nSPS) is 14.5. The Labute approximate surface area is 327 Å². The predicted octanol–water partition coefficient (Wildman–Crippen LogP) is 13.1. The molecule has 0 saturated carbocycles. The maximum atomic E-state index is 6.73. The molecule has 6 nitrogen and oxygen atoms in total. The first-order valence-corrected chi connectivity index (χ1v) is 19.2. The SMILES string of the molecule is c1ccc(C2=NC(c3ccccc3)[N-]C(c3ccc(-n4c5cc6c(cc5c5c7oc8ccccc8c7ccc54)c4ccccc4n6-c4ccccc4)cc3)=N2)cc1. The van der Waals surface area contributed by atoms with Gasteiger partial charge in [-0.3, -0.25) is 4.99 Å². The Hall–Kier alpha value is -7.70. The van der Waals surface area contributed by atoms with Crippen molar-refractivity contribution in [2.24, 2.45) is 9.98 Å². The second kappa shape index (κ2) is 12.4. The van der Waals surface area contributed by atoms with Crippen molar-refractivity contribution >= 4 is 77.2 Å². The van der Waals surface area contributed by atoms with Crippen molar-refractivity contribution in [3.05, 3.63) is 210 Å². The van der Waals surface area contributed by atoms with Crippen LogP contribution in [0.1, 0.15) is 22.9 Å². The van der Waals surface area contributed by atoms with Crippen molar-refractivity contribution < 1.29 is 4.42 Å². The van der Waals surface area contributed by atoms with Crippen LogP contribution < -0.4 is 0 Å². The molecule has 0 bridgehead atoms. The van der Waals surface area contributed by atoms with E-state index in [1.54, 1.807) is 0 Å². The highest BCUT2D eigenvalue weighted by molar-refractivity contribution is 6.27. The van der Waals surface area contributed by atoms with Crippen molar-refractivity contribution in [3.8, 4) is 11.4 Å². The minimum atomic E-state index is -0.393. The maximum absolute atomic E-state index is 6.73. The third-order valence-corrected chi connectivity index (χ3v) is 11.3. The van der Waals surface area contributed by atoms with Crippen LogP contribution in [0.4, 0.5) is 0 Å². The van der Waals surface area contributed by atoms with E-state index in [1.807, 2.05) is 54.6 Å². The van der Waals surface area contributed by atoms with Gasteiger partial charge in [0.2, 0.25) is 0 Å². The average molecular weight is 731 g/mol. The zero-order valence-electron chi connectivity index (χ0n) is 30.6. The van der Waals surface area contributed by atoms with Crippen molar-refractivity contribution in [2.75, 3.05) is 0 Å². The highest BCUT2D eigenvalue weighted by Crippen LogP contribution is 2.44. The van der Waals surface area contributed by atoms with Gasteiger partial charge >= 0.3 is 0 Å². The van der Waals surface area contributed by atoms with Crippen LogP contribution >= 0.6 is 0 Å². The van der Waals surface area contributed by atoms with E-state index < -0.39 is 6.17 Å². The topological polar surface area (TPSA) is 61.8 Å². The number of aromatic nitrogens is 2. The van der Waals surface area contributed by atoms with Gasteiger partial charge in [0.25, 0.3) is 0 Å². The van der Waals surface area contributed by atoms with E-state index in [4.69, 9.17) is 19.7 Å². The van der Waals surface area contributed by atoms with Gasteiger partial charge in [0.1, 0.15) is 11.2 Å². The lowest BCUT2D eigenvalue weighted by molar-refractivity contribution is 0.673. The van der Waals surface area contributed by atoms with Crippen molar-refractivity contribution in [1.82, 2.24) is 9.13 Å². The van der Waals surface area contributed by atoms with Gasteiger partial charge in [-0.15, -0.1) is 0 Å². The van der Waals surface area contributed by atoms with Crippen LogP contribution in [0, 0.1) is 0 Å². The molecule has 8 aromatic carbocycles. The summed E-state index contributed by atoms with van der Waals surface area (Å²) in [5, 5.41) is 12.0. The molecule has 0 radical (unpaired) electrons. The molecule has 0 N–H and O–H groups in total. The zero-order valence-corrected chi connectivity index (χ0v) is 30.6. The Kier molecular flexibility index (Phi) is 6.89. The first-order valence-electron chi connectivity index (χ1n) is 19.2. The van der Waals surface area contributed by atoms with E-state index in [2.05, 4.69) is 143 Å². The summed E-state index contributed by atoms with van der Waals surface area (Å²) >= 11 is 0. The number of hydrogen-bond acceptors (Lipinski definition) is 3. The summed E-state index contributed by atoms with van der Waals surface area (Å²) in [7, 11) is 0. The van der Waals surface area contributed by atoms with Gasteiger partial charge in [0.05, 0.1) is 39.5 Å². The molecule has 4 heterocycles. The van der Waals surface area contributed by atoms with Gasteiger partial charge in [-0.05, 0) is 77.4 Å². The molecule has 0 spiro atoms. The van der Waals surface area contributed by atoms with Gasteiger partial charge in [0.15, 0.2) is 0 Å². The minimum absolute atomic E-state index is 0.393. The summed E-state index contributed by atoms with van der Waals surface area (Å²) in [6, 6.07) is 65.8. The van der Waals surface area contributed by atoms with Crippen molar-refractivity contribution in [3.63, 3.8) is 0 Å². The second-order valence-electron chi connectivity index (χ2n) is 14.6. The molecule has 0 saturated heterocycles. The summed E-state index contributed by atoms with van der Waals surface area (Å²) in [6.45, 7) is 0.